The maximum atomic E-state index is 13.8. The Morgan fingerprint density at radius 3 is 2.71 bits per heavy atom. The molecule has 6 nitrogen and oxygen atoms in total. The van der Waals surface area contributed by atoms with E-state index in [-0.39, 0.29) is 6.61 Å². The van der Waals surface area contributed by atoms with E-state index < -0.39 is 39.8 Å². The number of nitro groups is 1. The van der Waals surface area contributed by atoms with Crippen molar-refractivity contribution in [1.29, 1.82) is 0 Å². The summed E-state index contributed by atoms with van der Waals surface area (Å²) in [6.45, 7) is 0.0743. The number of rotatable bonds is 3. The molecule has 1 heterocycles. The topological polar surface area (TPSA) is 83.7 Å². The summed E-state index contributed by atoms with van der Waals surface area (Å²) in [6.07, 6.45) is 2.13. The highest BCUT2D eigenvalue weighted by atomic mass is 19.1. The Hall–Kier alpha value is -2.09. The van der Waals surface area contributed by atoms with Crippen molar-refractivity contribution in [1.82, 2.24) is 4.90 Å². The number of halogens is 2. The molecular formula is C13H14F2N2O4. The minimum absolute atomic E-state index is 0.261. The Morgan fingerprint density at radius 2 is 2.10 bits per heavy atom. The lowest BCUT2D eigenvalue weighted by molar-refractivity contribution is -0.387. The fourth-order valence-electron chi connectivity index (χ4n) is 2.45. The van der Waals surface area contributed by atoms with E-state index in [9.17, 15) is 28.8 Å². The molecule has 1 atom stereocenters. The van der Waals surface area contributed by atoms with Crippen molar-refractivity contribution in [3.8, 4) is 0 Å². The summed E-state index contributed by atoms with van der Waals surface area (Å²) >= 11 is 0. The first-order chi connectivity index (χ1) is 9.95. The number of amides is 1. The zero-order chi connectivity index (χ0) is 15.6. The lowest BCUT2D eigenvalue weighted by atomic mass is 10.0. The fourth-order valence-corrected chi connectivity index (χ4v) is 2.45. The Morgan fingerprint density at radius 1 is 1.38 bits per heavy atom. The average molecular weight is 300 g/mol. The largest absolute Gasteiger partial charge is 0.394 e. The van der Waals surface area contributed by atoms with E-state index in [4.69, 9.17) is 0 Å². The first kappa shape index (κ1) is 15.3. The monoisotopic (exact) mass is 300 g/mol. The predicted octanol–water partition coefficient (Wildman–Crippen LogP) is 1.86. The first-order valence-corrected chi connectivity index (χ1v) is 6.51. The molecule has 2 rings (SSSR count). The van der Waals surface area contributed by atoms with E-state index in [2.05, 4.69) is 0 Å². The number of hydrogen-bond donors (Lipinski definition) is 1. The van der Waals surface area contributed by atoms with E-state index in [0.29, 0.717) is 31.5 Å². The van der Waals surface area contributed by atoms with E-state index >= 15 is 0 Å². The van der Waals surface area contributed by atoms with E-state index in [1.165, 1.54) is 4.90 Å². The molecule has 1 saturated heterocycles. The van der Waals surface area contributed by atoms with Crippen molar-refractivity contribution in [2.75, 3.05) is 13.2 Å². The van der Waals surface area contributed by atoms with Gasteiger partial charge in [-0.1, -0.05) is 0 Å². The molecule has 21 heavy (non-hydrogen) atoms. The van der Waals surface area contributed by atoms with Crippen molar-refractivity contribution in [2.45, 2.75) is 25.3 Å². The molecule has 1 aromatic rings. The van der Waals surface area contributed by atoms with Gasteiger partial charge in [0.05, 0.1) is 29.2 Å². The zero-order valence-electron chi connectivity index (χ0n) is 11.1. The van der Waals surface area contributed by atoms with Crippen molar-refractivity contribution in [2.24, 2.45) is 0 Å². The first-order valence-electron chi connectivity index (χ1n) is 6.51. The standard InChI is InChI=1S/C13H14F2N2O4/c14-10-6-12(17(20)21)11(15)5-9(10)13(19)16-4-2-1-3-8(16)7-18/h5-6,8,18H,1-4,7H2. The Kier molecular flexibility index (Phi) is 4.46. The Balaban J connectivity index is 2.34. The minimum atomic E-state index is -1.26. The van der Waals surface area contributed by atoms with Crippen LogP contribution in [0.15, 0.2) is 12.1 Å². The van der Waals surface area contributed by atoms with Crippen LogP contribution in [0.25, 0.3) is 0 Å². The number of likely N-dealkylation sites (tertiary alicyclic amines) is 1. The number of nitrogens with zero attached hydrogens (tertiary/aromatic N) is 2. The summed E-state index contributed by atoms with van der Waals surface area (Å²) < 4.78 is 27.4. The quantitative estimate of drug-likeness (QED) is 0.682. The van der Waals surface area contributed by atoms with Crippen LogP contribution >= 0.6 is 0 Å². The molecule has 1 unspecified atom stereocenters. The third kappa shape index (κ3) is 2.99. The van der Waals surface area contributed by atoms with Crippen molar-refractivity contribution in [3.05, 3.63) is 39.4 Å². The normalized spacial score (nSPS) is 18.6. The van der Waals surface area contributed by atoms with E-state index in [0.717, 1.165) is 6.42 Å². The molecule has 0 spiro atoms. The van der Waals surface area contributed by atoms with Crippen LogP contribution in [0.2, 0.25) is 0 Å². The number of carbonyl (C=O) groups excluding carboxylic acids is 1. The molecule has 1 fully saturated rings. The highest BCUT2D eigenvalue weighted by molar-refractivity contribution is 5.95. The smallest absolute Gasteiger partial charge is 0.307 e. The van der Waals surface area contributed by atoms with E-state index in [1.807, 2.05) is 0 Å². The number of aliphatic hydroxyl groups excluding tert-OH is 1. The molecule has 1 amide bonds. The second-order valence-electron chi connectivity index (χ2n) is 4.87. The van der Waals surface area contributed by atoms with Gasteiger partial charge < -0.3 is 10.0 Å². The zero-order valence-corrected chi connectivity index (χ0v) is 11.1. The van der Waals surface area contributed by atoms with Gasteiger partial charge in [-0.2, -0.15) is 4.39 Å². The summed E-state index contributed by atoms with van der Waals surface area (Å²) in [5, 5.41) is 19.8. The summed E-state index contributed by atoms with van der Waals surface area (Å²) in [7, 11) is 0. The second-order valence-corrected chi connectivity index (χ2v) is 4.87. The molecule has 0 aliphatic carbocycles. The molecular weight excluding hydrogens is 286 g/mol. The third-order valence-electron chi connectivity index (χ3n) is 3.56. The van der Waals surface area contributed by atoms with Crippen LogP contribution in [0.1, 0.15) is 29.6 Å². The van der Waals surface area contributed by atoms with Gasteiger partial charge in [0.25, 0.3) is 5.91 Å². The van der Waals surface area contributed by atoms with Gasteiger partial charge in [0.1, 0.15) is 5.82 Å². The van der Waals surface area contributed by atoms with Crippen LogP contribution in [0, 0.1) is 21.7 Å². The molecule has 0 aromatic heterocycles. The molecule has 0 radical (unpaired) electrons. The van der Waals surface area contributed by atoms with Gasteiger partial charge in [-0.05, 0) is 25.3 Å². The number of benzene rings is 1. The molecule has 1 aromatic carbocycles. The van der Waals surface area contributed by atoms with Crippen LogP contribution in [0.4, 0.5) is 14.5 Å². The van der Waals surface area contributed by atoms with Crippen LogP contribution in [-0.4, -0.2) is 40.0 Å². The SMILES string of the molecule is O=C(c1cc(F)c([N+](=O)[O-])cc1F)N1CCCCC1CO. The molecule has 8 heteroatoms. The van der Waals surface area contributed by atoms with Gasteiger partial charge in [-0.3, -0.25) is 14.9 Å². The van der Waals surface area contributed by atoms with E-state index in [1.54, 1.807) is 0 Å². The molecule has 0 saturated carbocycles. The molecule has 1 aliphatic heterocycles. The second kappa shape index (κ2) is 6.13. The number of nitro benzene ring substituents is 1. The van der Waals surface area contributed by atoms with Crippen molar-refractivity contribution >= 4 is 11.6 Å². The number of hydrogen-bond acceptors (Lipinski definition) is 4. The van der Waals surface area contributed by atoms with Crippen molar-refractivity contribution in [3.63, 3.8) is 0 Å². The lowest BCUT2D eigenvalue weighted by Crippen LogP contribution is -2.45. The molecule has 0 bridgehead atoms. The minimum Gasteiger partial charge on any atom is -0.394 e. The predicted molar refractivity (Wildman–Crippen MR) is 68.8 cm³/mol. The number of carbonyl (C=O) groups is 1. The van der Waals surface area contributed by atoms with Gasteiger partial charge in [0.15, 0.2) is 0 Å². The number of aliphatic hydroxyl groups is 1. The summed E-state index contributed by atoms with van der Waals surface area (Å²) in [5.74, 6) is -3.17. The van der Waals surface area contributed by atoms with Gasteiger partial charge in [-0.15, -0.1) is 0 Å². The third-order valence-corrected chi connectivity index (χ3v) is 3.56. The van der Waals surface area contributed by atoms with Crippen LogP contribution in [0.3, 0.4) is 0 Å². The van der Waals surface area contributed by atoms with Crippen LogP contribution in [0.5, 0.6) is 0 Å². The Labute approximate surface area is 119 Å². The van der Waals surface area contributed by atoms with Gasteiger partial charge in [0, 0.05) is 6.54 Å². The van der Waals surface area contributed by atoms with Gasteiger partial charge >= 0.3 is 5.69 Å². The maximum absolute atomic E-state index is 13.8. The average Bonchev–Trinajstić information content (AvgIpc) is 2.48. The maximum Gasteiger partial charge on any atom is 0.307 e. The van der Waals surface area contributed by atoms with Crippen LogP contribution in [-0.2, 0) is 0 Å². The summed E-state index contributed by atoms with van der Waals surface area (Å²) in [6, 6.07) is 0.503. The fraction of sp³-hybridized carbons (Fsp3) is 0.462. The molecule has 1 aliphatic rings. The number of piperidine rings is 1. The highest BCUT2D eigenvalue weighted by Crippen LogP contribution is 2.25. The van der Waals surface area contributed by atoms with Gasteiger partial charge in [0.2, 0.25) is 5.82 Å². The van der Waals surface area contributed by atoms with Crippen LogP contribution < -0.4 is 0 Å². The molecule has 1 N–H and O–H groups in total. The van der Waals surface area contributed by atoms with Crippen molar-refractivity contribution < 1.29 is 23.6 Å². The summed E-state index contributed by atoms with van der Waals surface area (Å²) in [5.41, 5.74) is -1.57. The Bertz CT molecular complexity index is 580. The lowest BCUT2D eigenvalue weighted by Gasteiger charge is -2.34. The highest BCUT2D eigenvalue weighted by Gasteiger charge is 2.30. The van der Waals surface area contributed by atoms with Gasteiger partial charge in [-0.25, -0.2) is 4.39 Å². The summed E-state index contributed by atoms with van der Waals surface area (Å²) in [4.78, 5) is 23.0. The molecule has 114 valence electrons.